The van der Waals surface area contributed by atoms with E-state index in [-0.39, 0.29) is 38.8 Å². The van der Waals surface area contributed by atoms with Crippen LogP contribution in [-0.4, -0.2) is 44.4 Å². The van der Waals surface area contributed by atoms with E-state index >= 15 is 0 Å². The van der Waals surface area contributed by atoms with E-state index in [0.29, 0.717) is 13.0 Å². The summed E-state index contributed by atoms with van der Waals surface area (Å²) in [6, 6.07) is 0. The van der Waals surface area contributed by atoms with Crippen LogP contribution in [0.2, 0.25) is 0 Å². The normalized spacial score (nSPS) is 21.8. The molecule has 0 amide bonds. The summed E-state index contributed by atoms with van der Waals surface area (Å²) < 4.78 is 53.8. The minimum Gasteiger partial charge on any atom is -0.465 e. The van der Waals surface area contributed by atoms with Gasteiger partial charge < -0.3 is 22.8 Å². The Kier molecular flexibility index (Phi) is 10.0. The Balaban J connectivity index is 3.32. The molecule has 0 aromatic heterocycles. The van der Waals surface area contributed by atoms with Crippen molar-refractivity contribution in [3.63, 3.8) is 0 Å². The van der Waals surface area contributed by atoms with Crippen molar-refractivity contribution < 1.29 is 36.8 Å². The molecule has 1 heterocycles. The maximum Gasteiger partial charge on any atom is 0.345 e. The van der Waals surface area contributed by atoms with Gasteiger partial charge >= 0.3 is 21.2 Å². The van der Waals surface area contributed by atoms with Crippen LogP contribution in [0.4, 0.5) is 0 Å². The molecule has 0 aromatic rings. The molecule has 10 heteroatoms. The highest BCUT2D eigenvalue weighted by atomic mass is 31.2. The summed E-state index contributed by atoms with van der Waals surface area (Å²) in [5, 5.41) is -1.19. The van der Waals surface area contributed by atoms with Crippen molar-refractivity contribution in [2.75, 3.05) is 33.0 Å². The number of rotatable bonds is 12. The molecule has 26 heavy (non-hydrogen) atoms. The Bertz CT molecular complexity index is 488. The lowest BCUT2D eigenvalue weighted by Crippen LogP contribution is -2.34. The van der Waals surface area contributed by atoms with Gasteiger partial charge in [0.15, 0.2) is 5.40 Å². The quantitative estimate of drug-likeness (QED) is 0.342. The summed E-state index contributed by atoms with van der Waals surface area (Å²) in [7, 11) is -7.70. The van der Waals surface area contributed by atoms with Gasteiger partial charge in [0.1, 0.15) is 0 Å². The van der Waals surface area contributed by atoms with Gasteiger partial charge in [-0.2, -0.15) is 0 Å². The van der Waals surface area contributed by atoms with Gasteiger partial charge in [0.05, 0.1) is 39.0 Å². The second-order valence-corrected chi connectivity index (χ2v) is 10.9. The zero-order chi connectivity index (χ0) is 19.8. The Morgan fingerprint density at radius 1 is 0.962 bits per heavy atom. The Morgan fingerprint density at radius 2 is 1.38 bits per heavy atom. The van der Waals surface area contributed by atoms with Gasteiger partial charge in [0, 0.05) is 0 Å². The Labute approximate surface area is 156 Å². The molecule has 0 aromatic carbocycles. The molecule has 1 rings (SSSR count). The number of carbonyl (C=O) groups excluding carboxylic acids is 1. The smallest absolute Gasteiger partial charge is 0.345 e. The van der Waals surface area contributed by atoms with E-state index in [1.165, 1.54) is 0 Å². The average molecular weight is 414 g/mol. The first-order valence-electron chi connectivity index (χ1n) is 9.22. The van der Waals surface area contributed by atoms with Crippen LogP contribution in [0.1, 0.15) is 47.5 Å². The summed E-state index contributed by atoms with van der Waals surface area (Å²) in [5.74, 6) is -0.975. The fourth-order valence-electron chi connectivity index (χ4n) is 3.01. The fourth-order valence-corrected chi connectivity index (χ4v) is 8.44. The average Bonchev–Trinajstić information content (AvgIpc) is 2.55. The van der Waals surface area contributed by atoms with Crippen molar-refractivity contribution in [3.05, 3.63) is 0 Å². The predicted octanol–water partition coefficient (Wildman–Crippen LogP) is 4.43. The molecular weight excluding hydrogens is 382 g/mol. The topological polar surface area (TPSA) is 97.4 Å². The fraction of sp³-hybridized carbons (Fsp3) is 0.938. The largest absolute Gasteiger partial charge is 0.465 e. The molecule has 0 spiro atoms. The maximum atomic E-state index is 13.5. The van der Waals surface area contributed by atoms with Gasteiger partial charge in [0.25, 0.3) is 0 Å². The monoisotopic (exact) mass is 414 g/mol. The van der Waals surface area contributed by atoms with E-state index in [4.69, 9.17) is 22.8 Å². The number of carbonyl (C=O) groups is 1. The molecule has 1 aliphatic heterocycles. The molecule has 0 bridgehead atoms. The minimum atomic E-state index is -3.85. The van der Waals surface area contributed by atoms with Crippen LogP contribution in [0, 0.1) is 11.8 Å². The van der Waals surface area contributed by atoms with Crippen molar-refractivity contribution in [1.29, 1.82) is 0 Å². The standard InChI is InChI=1S/C16H32O8P2/c1-6-21-25(18,22-7-2)15(26(19,23-8-3)24-9-4)12-14-13(5)10-11-20-16(14)17/h13-15H,6-12H2,1-5H3/t13-,14+/m1/s1. The summed E-state index contributed by atoms with van der Waals surface area (Å²) in [5.41, 5.74) is 0. The van der Waals surface area contributed by atoms with Crippen molar-refractivity contribution in [1.82, 2.24) is 0 Å². The molecule has 0 saturated carbocycles. The van der Waals surface area contributed by atoms with E-state index in [9.17, 15) is 13.9 Å². The van der Waals surface area contributed by atoms with E-state index < -0.39 is 32.5 Å². The van der Waals surface area contributed by atoms with Gasteiger partial charge in [-0.05, 0) is 46.5 Å². The van der Waals surface area contributed by atoms with Gasteiger partial charge in [0.2, 0.25) is 0 Å². The lowest BCUT2D eigenvalue weighted by atomic mass is 9.87. The molecule has 0 radical (unpaired) electrons. The summed E-state index contributed by atoms with van der Waals surface area (Å²) >= 11 is 0. The van der Waals surface area contributed by atoms with E-state index in [1.54, 1.807) is 27.7 Å². The number of hydrogen-bond acceptors (Lipinski definition) is 8. The predicted molar refractivity (Wildman–Crippen MR) is 98.4 cm³/mol. The first kappa shape index (κ1) is 23.8. The minimum absolute atomic E-state index is 0.00540. The van der Waals surface area contributed by atoms with Crippen molar-refractivity contribution >= 4 is 21.2 Å². The first-order chi connectivity index (χ1) is 12.3. The first-order valence-corrected chi connectivity index (χ1v) is 12.4. The van der Waals surface area contributed by atoms with Crippen LogP contribution in [0.5, 0.6) is 0 Å². The van der Waals surface area contributed by atoms with Crippen LogP contribution in [-0.2, 0) is 36.8 Å². The zero-order valence-electron chi connectivity index (χ0n) is 16.3. The lowest BCUT2D eigenvalue weighted by Gasteiger charge is -2.35. The molecule has 2 atom stereocenters. The van der Waals surface area contributed by atoms with Crippen LogP contribution >= 0.6 is 15.2 Å². The van der Waals surface area contributed by atoms with Crippen molar-refractivity contribution in [2.45, 2.75) is 52.9 Å². The molecule has 154 valence electrons. The highest BCUT2D eigenvalue weighted by Gasteiger charge is 2.53. The molecule has 8 nitrogen and oxygen atoms in total. The number of cyclic esters (lactones) is 1. The van der Waals surface area contributed by atoms with E-state index in [0.717, 1.165) is 0 Å². The molecule has 1 fully saturated rings. The molecule has 0 aliphatic carbocycles. The Hall–Kier alpha value is -0.230. The number of hydrogen-bond donors (Lipinski definition) is 0. The van der Waals surface area contributed by atoms with Gasteiger partial charge in [-0.1, -0.05) is 6.92 Å². The number of ether oxygens (including phenoxy) is 1. The van der Waals surface area contributed by atoms with Gasteiger partial charge in [-0.25, -0.2) is 0 Å². The Morgan fingerprint density at radius 3 is 1.73 bits per heavy atom. The van der Waals surface area contributed by atoms with Gasteiger partial charge in [-0.3, -0.25) is 13.9 Å². The van der Waals surface area contributed by atoms with Crippen molar-refractivity contribution in [2.24, 2.45) is 11.8 Å². The SMILES string of the molecule is CCOP(=O)(OCC)C(C[C@@H]1C(=O)OCC[C@H]1C)P(=O)(OCC)OCC. The van der Waals surface area contributed by atoms with Crippen LogP contribution in [0.3, 0.4) is 0 Å². The molecule has 1 aliphatic rings. The zero-order valence-corrected chi connectivity index (χ0v) is 18.1. The van der Waals surface area contributed by atoms with E-state index in [1.807, 2.05) is 6.92 Å². The summed E-state index contributed by atoms with van der Waals surface area (Å²) in [6.45, 7) is 9.39. The summed E-state index contributed by atoms with van der Waals surface area (Å²) in [4.78, 5) is 12.3. The number of esters is 1. The van der Waals surface area contributed by atoms with Crippen molar-refractivity contribution in [3.8, 4) is 0 Å². The molecule has 0 unspecified atom stereocenters. The third-order valence-electron chi connectivity index (χ3n) is 4.24. The third kappa shape index (κ3) is 5.88. The van der Waals surface area contributed by atoms with Crippen LogP contribution in [0.25, 0.3) is 0 Å². The molecular formula is C16H32O8P2. The van der Waals surface area contributed by atoms with E-state index in [2.05, 4.69) is 0 Å². The second-order valence-electron chi connectivity index (χ2n) is 6.01. The van der Waals surface area contributed by atoms with Crippen LogP contribution in [0.15, 0.2) is 0 Å². The second kappa shape index (κ2) is 10.9. The highest BCUT2D eigenvalue weighted by molar-refractivity contribution is 7.72. The van der Waals surface area contributed by atoms with Crippen LogP contribution < -0.4 is 0 Å². The molecule has 0 N–H and O–H groups in total. The maximum absolute atomic E-state index is 13.5. The third-order valence-corrected chi connectivity index (χ3v) is 10.3. The summed E-state index contributed by atoms with van der Waals surface area (Å²) in [6.07, 6.45) is 0.679. The highest BCUT2D eigenvalue weighted by Crippen LogP contribution is 2.72. The van der Waals surface area contributed by atoms with Gasteiger partial charge in [-0.15, -0.1) is 0 Å². The molecule has 1 saturated heterocycles. The lowest BCUT2D eigenvalue weighted by molar-refractivity contribution is -0.156.